The van der Waals surface area contributed by atoms with Gasteiger partial charge in [0.25, 0.3) is 0 Å². The van der Waals surface area contributed by atoms with Crippen molar-refractivity contribution in [1.82, 2.24) is 4.72 Å². The van der Waals surface area contributed by atoms with Gasteiger partial charge < -0.3 is 5.11 Å². The predicted molar refractivity (Wildman–Crippen MR) is 35.4 cm³/mol. The van der Waals surface area contributed by atoms with Gasteiger partial charge in [0.1, 0.15) is 6.23 Å². The molecule has 48 valence electrons. The summed E-state index contributed by atoms with van der Waals surface area (Å²) >= 11 is 1.63. The molecule has 2 atom stereocenters. The summed E-state index contributed by atoms with van der Waals surface area (Å²) in [6.45, 7) is 2.16. The first-order valence-corrected chi connectivity index (χ1v) is 3.76. The van der Waals surface area contributed by atoms with E-state index in [1.165, 1.54) is 0 Å². The van der Waals surface area contributed by atoms with Crippen LogP contribution >= 0.6 is 11.9 Å². The van der Waals surface area contributed by atoms with Crippen LogP contribution in [0.4, 0.5) is 0 Å². The van der Waals surface area contributed by atoms with Gasteiger partial charge in [0.15, 0.2) is 0 Å². The quantitative estimate of drug-likeness (QED) is 0.478. The predicted octanol–water partition coefficient (Wildman–Crippen LogP) is 0.725. The Labute approximate surface area is 53.8 Å². The summed E-state index contributed by atoms with van der Waals surface area (Å²) in [4.78, 5) is 0. The van der Waals surface area contributed by atoms with E-state index < -0.39 is 0 Å². The molecule has 3 heteroatoms. The van der Waals surface area contributed by atoms with Gasteiger partial charge in [-0.2, -0.15) is 0 Å². The zero-order valence-electron chi connectivity index (χ0n) is 4.92. The van der Waals surface area contributed by atoms with Gasteiger partial charge in [-0.3, -0.25) is 0 Å². The fourth-order valence-electron chi connectivity index (χ4n) is 0.705. The second-order valence-corrected chi connectivity index (χ2v) is 3.42. The van der Waals surface area contributed by atoms with E-state index in [4.69, 9.17) is 5.11 Å². The maximum atomic E-state index is 8.90. The second kappa shape index (κ2) is 2.71. The van der Waals surface area contributed by atoms with E-state index in [0.29, 0.717) is 5.25 Å². The van der Waals surface area contributed by atoms with E-state index in [0.717, 1.165) is 12.8 Å². The van der Waals surface area contributed by atoms with Gasteiger partial charge in [-0.1, -0.05) is 18.9 Å². The molecule has 2 N–H and O–H groups in total. The highest BCUT2D eigenvalue weighted by atomic mass is 32.2. The lowest BCUT2D eigenvalue weighted by molar-refractivity contribution is 0.149. The molecule has 1 aliphatic heterocycles. The Kier molecular flexibility index (Phi) is 2.16. The molecule has 0 aromatic heterocycles. The minimum Gasteiger partial charge on any atom is -0.378 e. The van der Waals surface area contributed by atoms with Crippen LogP contribution in [-0.2, 0) is 0 Å². The molecule has 0 aromatic rings. The highest BCUT2D eigenvalue weighted by Crippen LogP contribution is 2.19. The van der Waals surface area contributed by atoms with E-state index in [1.54, 1.807) is 11.9 Å². The van der Waals surface area contributed by atoms with Crippen molar-refractivity contribution in [3.63, 3.8) is 0 Å². The Balaban J connectivity index is 2.19. The summed E-state index contributed by atoms with van der Waals surface area (Å²) in [6.07, 6.45) is 1.75. The van der Waals surface area contributed by atoms with E-state index in [9.17, 15) is 0 Å². The maximum Gasteiger partial charge on any atom is 0.113 e. The standard InChI is InChI=1S/C5H11NOS/c1-4-2-3-5(7)6-8-4/h4-7H,2-3H2,1H3. The molecule has 0 aromatic carbocycles. The Morgan fingerprint density at radius 3 is 2.75 bits per heavy atom. The Hall–Kier alpha value is 0.270. The summed E-state index contributed by atoms with van der Waals surface area (Å²) in [6, 6.07) is 0. The third kappa shape index (κ3) is 1.65. The highest BCUT2D eigenvalue weighted by Gasteiger charge is 2.14. The van der Waals surface area contributed by atoms with E-state index >= 15 is 0 Å². The van der Waals surface area contributed by atoms with Crippen molar-refractivity contribution in [3.05, 3.63) is 0 Å². The molecule has 0 aliphatic carbocycles. The molecule has 8 heavy (non-hydrogen) atoms. The van der Waals surface area contributed by atoms with Crippen LogP contribution in [0.2, 0.25) is 0 Å². The lowest BCUT2D eigenvalue weighted by Crippen LogP contribution is -2.29. The smallest absolute Gasteiger partial charge is 0.113 e. The lowest BCUT2D eigenvalue weighted by atomic mass is 10.2. The van der Waals surface area contributed by atoms with Crippen molar-refractivity contribution >= 4 is 11.9 Å². The van der Waals surface area contributed by atoms with Gasteiger partial charge in [0.2, 0.25) is 0 Å². The molecular formula is C5H11NOS. The molecule has 2 unspecified atom stereocenters. The van der Waals surface area contributed by atoms with Gasteiger partial charge in [0.05, 0.1) is 0 Å². The molecule has 0 bridgehead atoms. The Morgan fingerprint density at radius 1 is 1.62 bits per heavy atom. The third-order valence-corrected chi connectivity index (χ3v) is 2.30. The summed E-state index contributed by atoms with van der Waals surface area (Å²) in [5.41, 5.74) is 0. The maximum absolute atomic E-state index is 8.90. The van der Waals surface area contributed by atoms with Crippen LogP contribution in [0.25, 0.3) is 0 Å². The van der Waals surface area contributed by atoms with Crippen LogP contribution in [0.1, 0.15) is 19.8 Å². The number of nitrogens with one attached hydrogen (secondary N) is 1. The molecule has 0 saturated carbocycles. The van der Waals surface area contributed by atoms with Crippen LogP contribution in [0, 0.1) is 0 Å². The first-order chi connectivity index (χ1) is 3.79. The average molecular weight is 133 g/mol. The molecule has 1 fully saturated rings. The highest BCUT2D eigenvalue weighted by molar-refractivity contribution is 7.98. The Bertz CT molecular complexity index is 60.8. The average Bonchev–Trinajstić information content (AvgIpc) is 1.77. The van der Waals surface area contributed by atoms with Gasteiger partial charge in [-0.05, 0) is 12.8 Å². The number of rotatable bonds is 0. The first kappa shape index (κ1) is 6.39. The fraction of sp³-hybridized carbons (Fsp3) is 1.00. The van der Waals surface area contributed by atoms with Crippen LogP contribution in [0.5, 0.6) is 0 Å². The molecule has 1 heterocycles. The van der Waals surface area contributed by atoms with Crippen molar-refractivity contribution in [2.75, 3.05) is 0 Å². The number of hydrogen-bond donors (Lipinski definition) is 2. The van der Waals surface area contributed by atoms with Crippen molar-refractivity contribution < 1.29 is 5.11 Å². The summed E-state index contributed by atoms with van der Waals surface area (Å²) in [5, 5.41) is 9.56. The molecule has 2 nitrogen and oxygen atoms in total. The van der Waals surface area contributed by atoms with Gasteiger partial charge >= 0.3 is 0 Å². The van der Waals surface area contributed by atoms with Crippen LogP contribution in [-0.4, -0.2) is 16.6 Å². The van der Waals surface area contributed by atoms with Crippen molar-refractivity contribution in [3.8, 4) is 0 Å². The van der Waals surface area contributed by atoms with E-state index in [1.807, 2.05) is 0 Å². The first-order valence-electron chi connectivity index (χ1n) is 2.88. The second-order valence-electron chi connectivity index (χ2n) is 2.14. The summed E-state index contributed by atoms with van der Waals surface area (Å²) < 4.78 is 2.90. The van der Waals surface area contributed by atoms with E-state index in [2.05, 4.69) is 11.6 Å². The normalized spacial score (nSPS) is 39.8. The summed E-state index contributed by atoms with van der Waals surface area (Å²) in [5.74, 6) is 0. The van der Waals surface area contributed by atoms with Crippen molar-refractivity contribution in [1.29, 1.82) is 0 Å². The molecular weight excluding hydrogens is 122 g/mol. The molecule has 1 aliphatic rings. The third-order valence-electron chi connectivity index (χ3n) is 1.25. The van der Waals surface area contributed by atoms with Crippen LogP contribution in [0.3, 0.4) is 0 Å². The fourth-order valence-corrected chi connectivity index (χ4v) is 1.47. The largest absolute Gasteiger partial charge is 0.378 e. The zero-order chi connectivity index (χ0) is 5.98. The lowest BCUT2D eigenvalue weighted by Gasteiger charge is -2.22. The van der Waals surface area contributed by atoms with Gasteiger partial charge in [-0.15, -0.1) is 0 Å². The van der Waals surface area contributed by atoms with Crippen molar-refractivity contribution in [2.24, 2.45) is 0 Å². The molecule has 0 amide bonds. The van der Waals surface area contributed by atoms with Crippen LogP contribution in [0.15, 0.2) is 0 Å². The molecule has 0 spiro atoms. The van der Waals surface area contributed by atoms with E-state index in [-0.39, 0.29) is 6.23 Å². The number of aliphatic hydroxyl groups is 1. The van der Waals surface area contributed by atoms with Crippen LogP contribution < -0.4 is 4.72 Å². The van der Waals surface area contributed by atoms with Gasteiger partial charge in [-0.25, -0.2) is 4.72 Å². The molecule has 1 saturated heterocycles. The minimum atomic E-state index is -0.267. The minimum absolute atomic E-state index is 0.267. The number of hydrogen-bond acceptors (Lipinski definition) is 3. The monoisotopic (exact) mass is 133 g/mol. The Morgan fingerprint density at radius 2 is 2.38 bits per heavy atom. The van der Waals surface area contributed by atoms with Crippen molar-refractivity contribution in [2.45, 2.75) is 31.2 Å². The van der Waals surface area contributed by atoms with Gasteiger partial charge in [0, 0.05) is 5.25 Å². The SMILES string of the molecule is CC1CCC(O)NS1. The summed E-state index contributed by atoms with van der Waals surface area (Å²) in [7, 11) is 0. The molecule has 1 rings (SSSR count). The molecule has 0 radical (unpaired) electrons. The topological polar surface area (TPSA) is 32.3 Å². The number of aliphatic hydroxyl groups excluding tert-OH is 1. The zero-order valence-corrected chi connectivity index (χ0v) is 5.74.